The summed E-state index contributed by atoms with van der Waals surface area (Å²) in [4.78, 5) is 14.7. The van der Waals surface area contributed by atoms with Gasteiger partial charge in [0.15, 0.2) is 5.69 Å². The molecule has 2 aromatic rings. The molecule has 0 atom stereocenters. The van der Waals surface area contributed by atoms with Gasteiger partial charge in [0, 0.05) is 23.7 Å². The molecule has 1 aliphatic rings. The largest absolute Gasteiger partial charge is 0.361 e. The second kappa shape index (κ2) is 7.15. The van der Waals surface area contributed by atoms with E-state index in [9.17, 15) is 4.79 Å². The minimum atomic E-state index is -0.203. The average molecular weight is 334 g/mol. The molecule has 122 valence electrons. The summed E-state index contributed by atoms with van der Waals surface area (Å²) in [6, 6.07) is 7.40. The number of carbonyl (C=O) groups excluding carboxylic acids is 1. The topological polar surface area (TPSA) is 58.4 Å². The Balaban J connectivity index is 1.65. The van der Waals surface area contributed by atoms with Crippen molar-refractivity contribution in [2.75, 3.05) is 13.1 Å². The van der Waals surface area contributed by atoms with Crippen molar-refractivity contribution >= 4 is 17.5 Å². The molecular weight excluding hydrogens is 314 g/mol. The minimum absolute atomic E-state index is 0.203. The molecule has 1 aliphatic heterocycles. The maximum absolute atomic E-state index is 12.4. The van der Waals surface area contributed by atoms with Crippen molar-refractivity contribution < 1.29 is 9.32 Å². The van der Waals surface area contributed by atoms with Crippen LogP contribution in [0, 0.1) is 6.92 Å². The van der Waals surface area contributed by atoms with Crippen molar-refractivity contribution in [3.8, 4) is 0 Å². The van der Waals surface area contributed by atoms with E-state index in [0.29, 0.717) is 23.0 Å². The normalized spacial score (nSPS) is 15.0. The number of nitrogens with zero attached hydrogens (tertiary/aromatic N) is 2. The molecule has 23 heavy (non-hydrogen) atoms. The van der Waals surface area contributed by atoms with Crippen LogP contribution in [0.25, 0.3) is 0 Å². The predicted octanol–water partition coefficient (Wildman–Crippen LogP) is 3.16. The lowest BCUT2D eigenvalue weighted by Gasteiger charge is -2.14. The molecule has 1 amide bonds. The lowest BCUT2D eigenvalue weighted by atomic mass is 10.1. The number of aryl methyl sites for hydroxylation is 1. The number of hydrogen-bond donors (Lipinski definition) is 1. The summed E-state index contributed by atoms with van der Waals surface area (Å²) in [6.45, 7) is 5.14. The second-order valence-electron chi connectivity index (χ2n) is 5.86. The molecule has 6 heteroatoms. The van der Waals surface area contributed by atoms with Crippen LogP contribution in [0.5, 0.6) is 0 Å². The molecule has 0 saturated carbocycles. The first kappa shape index (κ1) is 16.0. The fourth-order valence-corrected chi connectivity index (χ4v) is 2.91. The van der Waals surface area contributed by atoms with Crippen LogP contribution in [0.3, 0.4) is 0 Å². The van der Waals surface area contributed by atoms with E-state index in [4.69, 9.17) is 16.1 Å². The number of rotatable bonds is 5. The van der Waals surface area contributed by atoms with Crippen molar-refractivity contribution in [2.24, 2.45) is 0 Å². The standard InChI is InChI=1S/C17H20ClN3O2/c1-12-15(11-21-8-2-3-9-21)16(20-23-12)17(22)19-10-13-4-6-14(18)7-5-13/h4-7H,2-3,8-11H2,1H3,(H,19,22). The number of amides is 1. The van der Waals surface area contributed by atoms with Crippen LogP contribution in [0.1, 0.15) is 40.2 Å². The zero-order valence-corrected chi connectivity index (χ0v) is 13.9. The average Bonchev–Trinajstić information content (AvgIpc) is 3.18. The smallest absolute Gasteiger partial charge is 0.274 e. The van der Waals surface area contributed by atoms with Gasteiger partial charge in [-0.25, -0.2) is 0 Å². The van der Waals surface area contributed by atoms with Crippen molar-refractivity contribution in [1.29, 1.82) is 0 Å². The van der Waals surface area contributed by atoms with Gasteiger partial charge >= 0.3 is 0 Å². The quantitative estimate of drug-likeness (QED) is 0.913. The van der Waals surface area contributed by atoms with Crippen molar-refractivity contribution in [3.05, 3.63) is 51.9 Å². The first-order valence-corrected chi connectivity index (χ1v) is 8.21. The number of halogens is 1. The van der Waals surface area contributed by atoms with Gasteiger partial charge in [-0.2, -0.15) is 0 Å². The molecule has 1 aromatic carbocycles. The maximum atomic E-state index is 12.4. The van der Waals surface area contributed by atoms with Crippen molar-refractivity contribution in [2.45, 2.75) is 32.9 Å². The van der Waals surface area contributed by atoms with Crippen LogP contribution in [-0.2, 0) is 13.1 Å². The van der Waals surface area contributed by atoms with Gasteiger partial charge in [-0.1, -0.05) is 28.9 Å². The fraction of sp³-hybridized carbons (Fsp3) is 0.412. The van der Waals surface area contributed by atoms with Crippen LogP contribution < -0.4 is 5.32 Å². The Bertz CT molecular complexity index is 676. The van der Waals surface area contributed by atoms with E-state index in [1.54, 1.807) is 0 Å². The van der Waals surface area contributed by atoms with Gasteiger partial charge in [0.25, 0.3) is 5.91 Å². The molecule has 3 rings (SSSR count). The van der Waals surface area contributed by atoms with E-state index in [0.717, 1.165) is 30.8 Å². The molecule has 1 saturated heterocycles. The lowest BCUT2D eigenvalue weighted by molar-refractivity contribution is 0.0940. The molecule has 0 aliphatic carbocycles. The molecule has 1 aromatic heterocycles. The lowest BCUT2D eigenvalue weighted by Crippen LogP contribution is -2.26. The zero-order chi connectivity index (χ0) is 16.2. The number of hydrogen-bond acceptors (Lipinski definition) is 4. The van der Waals surface area contributed by atoms with Crippen LogP contribution in [0.15, 0.2) is 28.8 Å². The maximum Gasteiger partial charge on any atom is 0.274 e. The van der Waals surface area contributed by atoms with Gasteiger partial charge in [0.1, 0.15) is 5.76 Å². The highest BCUT2D eigenvalue weighted by Crippen LogP contribution is 2.19. The van der Waals surface area contributed by atoms with Crippen molar-refractivity contribution in [3.63, 3.8) is 0 Å². The highest BCUT2D eigenvalue weighted by molar-refractivity contribution is 6.30. The summed E-state index contributed by atoms with van der Waals surface area (Å²) in [6.07, 6.45) is 2.42. The highest BCUT2D eigenvalue weighted by atomic mass is 35.5. The number of likely N-dealkylation sites (tertiary alicyclic amines) is 1. The number of nitrogens with one attached hydrogen (secondary N) is 1. The van der Waals surface area contributed by atoms with E-state index in [-0.39, 0.29) is 5.91 Å². The summed E-state index contributed by atoms with van der Waals surface area (Å²) in [5.74, 6) is 0.513. The molecule has 0 unspecified atom stereocenters. The molecule has 1 N–H and O–H groups in total. The number of benzene rings is 1. The Hall–Kier alpha value is -1.85. The molecule has 1 fully saturated rings. The second-order valence-corrected chi connectivity index (χ2v) is 6.29. The van der Waals surface area contributed by atoms with Crippen LogP contribution in [-0.4, -0.2) is 29.1 Å². The van der Waals surface area contributed by atoms with Crippen LogP contribution >= 0.6 is 11.6 Å². The van der Waals surface area contributed by atoms with E-state index < -0.39 is 0 Å². The van der Waals surface area contributed by atoms with Gasteiger partial charge in [-0.05, 0) is 50.6 Å². The summed E-state index contributed by atoms with van der Waals surface area (Å²) in [7, 11) is 0. The molecule has 5 nitrogen and oxygen atoms in total. The number of carbonyl (C=O) groups is 1. The monoisotopic (exact) mass is 333 g/mol. The van der Waals surface area contributed by atoms with Crippen molar-refractivity contribution in [1.82, 2.24) is 15.4 Å². The Morgan fingerprint density at radius 3 is 2.70 bits per heavy atom. The number of aromatic nitrogens is 1. The summed E-state index contributed by atoms with van der Waals surface area (Å²) >= 11 is 5.86. The highest BCUT2D eigenvalue weighted by Gasteiger charge is 2.23. The summed E-state index contributed by atoms with van der Waals surface area (Å²) < 4.78 is 5.24. The molecule has 0 radical (unpaired) electrons. The fourth-order valence-electron chi connectivity index (χ4n) is 2.79. The molecule has 0 spiro atoms. The Labute approximate surface area is 140 Å². The van der Waals surface area contributed by atoms with Gasteiger partial charge in [-0.3, -0.25) is 9.69 Å². The van der Waals surface area contributed by atoms with E-state index in [2.05, 4.69) is 15.4 Å². The Morgan fingerprint density at radius 2 is 2.00 bits per heavy atom. The van der Waals surface area contributed by atoms with Gasteiger partial charge < -0.3 is 9.84 Å². The first-order chi connectivity index (χ1) is 11.1. The van der Waals surface area contributed by atoms with E-state index >= 15 is 0 Å². The van der Waals surface area contributed by atoms with E-state index in [1.807, 2.05) is 31.2 Å². The first-order valence-electron chi connectivity index (χ1n) is 7.83. The van der Waals surface area contributed by atoms with E-state index in [1.165, 1.54) is 12.8 Å². The summed E-state index contributed by atoms with van der Waals surface area (Å²) in [5.41, 5.74) is 2.27. The predicted molar refractivity (Wildman–Crippen MR) is 88.4 cm³/mol. The van der Waals surface area contributed by atoms with Gasteiger partial charge in [-0.15, -0.1) is 0 Å². The Morgan fingerprint density at radius 1 is 1.30 bits per heavy atom. The molecule has 0 bridgehead atoms. The third kappa shape index (κ3) is 3.92. The molecule has 2 heterocycles. The minimum Gasteiger partial charge on any atom is -0.361 e. The SMILES string of the molecule is Cc1onc(C(=O)NCc2ccc(Cl)cc2)c1CN1CCCC1. The molecular formula is C17H20ClN3O2. The van der Waals surface area contributed by atoms with Crippen LogP contribution in [0.4, 0.5) is 0 Å². The third-order valence-corrected chi connectivity index (χ3v) is 4.40. The van der Waals surface area contributed by atoms with Gasteiger partial charge in [0.05, 0.1) is 0 Å². The zero-order valence-electron chi connectivity index (χ0n) is 13.1. The Kier molecular flexibility index (Phi) is 4.98. The van der Waals surface area contributed by atoms with Gasteiger partial charge in [0.2, 0.25) is 0 Å². The summed E-state index contributed by atoms with van der Waals surface area (Å²) in [5, 5.41) is 7.52. The third-order valence-electron chi connectivity index (χ3n) is 4.15. The van der Waals surface area contributed by atoms with Crippen LogP contribution in [0.2, 0.25) is 5.02 Å².